The first kappa shape index (κ1) is 15.3. The van der Waals surface area contributed by atoms with Crippen LogP contribution in [0.1, 0.15) is 36.0 Å². The van der Waals surface area contributed by atoms with Crippen LogP contribution in [0.25, 0.3) is 11.2 Å². The zero-order chi connectivity index (χ0) is 17.5. The molecule has 2 atom stereocenters. The topological polar surface area (TPSA) is 57.2 Å². The molecular formula is C21H19N5. The van der Waals surface area contributed by atoms with Gasteiger partial charge in [-0.25, -0.2) is 9.50 Å². The molecule has 0 amide bonds. The van der Waals surface area contributed by atoms with E-state index in [1.54, 1.807) is 10.7 Å². The standard InChI is InChI=1S/C21H19N5/c22-10-17-12-24-26-14-18(11-23-21(17)26)16-8-19-6-7-20(9-16)25(19)13-15-4-2-1-3-5-15/h1-5,8,11-12,14,19-20H,6-7,9,13H2. The molecule has 128 valence electrons. The minimum Gasteiger partial charge on any atom is -0.289 e. The van der Waals surface area contributed by atoms with Crippen LogP contribution in [0, 0.1) is 11.3 Å². The van der Waals surface area contributed by atoms with Crippen LogP contribution in [0.3, 0.4) is 0 Å². The summed E-state index contributed by atoms with van der Waals surface area (Å²) >= 11 is 0. The zero-order valence-electron chi connectivity index (χ0n) is 14.4. The SMILES string of the molecule is N#Cc1cnn2cc(C3=CC4CCC(C3)N4Cc3ccccc3)cnc12. The van der Waals surface area contributed by atoms with Gasteiger partial charge >= 0.3 is 0 Å². The van der Waals surface area contributed by atoms with Crippen molar-refractivity contribution >= 4 is 11.2 Å². The molecule has 0 N–H and O–H groups in total. The molecule has 1 fully saturated rings. The van der Waals surface area contributed by atoms with E-state index >= 15 is 0 Å². The molecule has 2 aromatic heterocycles. The maximum atomic E-state index is 9.11. The van der Waals surface area contributed by atoms with Crippen molar-refractivity contribution in [2.75, 3.05) is 0 Å². The minimum atomic E-state index is 0.493. The van der Waals surface area contributed by atoms with Crippen LogP contribution >= 0.6 is 0 Å². The highest BCUT2D eigenvalue weighted by Crippen LogP contribution is 2.39. The molecule has 2 aliphatic heterocycles. The molecule has 0 spiro atoms. The maximum absolute atomic E-state index is 9.11. The summed E-state index contributed by atoms with van der Waals surface area (Å²) in [5.74, 6) is 0. The highest BCUT2D eigenvalue weighted by molar-refractivity contribution is 5.68. The number of hydrogen-bond acceptors (Lipinski definition) is 4. The third-order valence-electron chi connectivity index (χ3n) is 5.60. The van der Waals surface area contributed by atoms with E-state index in [0.29, 0.717) is 23.3 Å². The first-order valence-corrected chi connectivity index (χ1v) is 9.06. The average Bonchev–Trinajstić information content (AvgIpc) is 3.18. The van der Waals surface area contributed by atoms with E-state index in [4.69, 9.17) is 5.26 Å². The van der Waals surface area contributed by atoms with Crippen LogP contribution in [-0.4, -0.2) is 31.6 Å². The summed E-state index contributed by atoms with van der Waals surface area (Å²) in [5, 5.41) is 13.4. The zero-order valence-corrected chi connectivity index (χ0v) is 14.4. The van der Waals surface area contributed by atoms with E-state index in [-0.39, 0.29) is 0 Å². The summed E-state index contributed by atoms with van der Waals surface area (Å²) in [7, 11) is 0. The van der Waals surface area contributed by atoms with Gasteiger partial charge < -0.3 is 0 Å². The van der Waals surface area contributed by atoms with Crippen molar-refractivity contribution in [1.29, 1.82) is 5.26 Å². The Labute approximate surface area is 152 Å². The summed E-state index contributed by atoms with van der Waals surface area (Å²) in [6, 6.07) is 13.9. The number of nitriles is 1. The molecule has 5 nitrogen and oxygen atoms in total. The van der Waals surface area contributed by atoms with Crippen molar-refractivity contribution in [3.63, 3.8) is 0 Å². The summed E-state index contributed by atoms with van der Waals surface area (Å²) in [4.78, 5) is 7.10. The van der Waals surface area contributed by atoms with Crippen molar-refractivity contribution in [3.05, 3.63) is 71.7 Å². The molecule has 2 unspecified atom stereocenters. The molecule has 5 heteroatoms. The lowest BCUT2D eigenvalue weighted by Gasteiger charge is -2.34. The Morgan fingerprint density at radius 1 is 1.15 bits per heavy atom. The fourth-order valence-corrected chi connectivity index (χ4v) is 4.29. The van der Waals surface area contributed by atoms with Gasteiger partial charge in [-0.2, -0.15) is 10.4 Å². The fourth-order valence-electron chi connectivity index (χ4n) is 4.29. The van der Waals surface area contributed by atoms with Crippen molar-refractivity contribution in [2.24, 2.45) is 0 Å². The van der Waals surface area contributed by atoms with Crippen LogP contribution in [0.15, 0.2) is 55.0 Å². The van der Waals surface area contributed by atoms with Crippen LogP contribution in [0.2, 0.25) is 0 Å². The van der Waals surface area contributed by atoms with Gasteiger partial charge in [-0.05, 0) is 30.4 Å². The van der Waals surface area contributed by atoms with Gasteiger partial charge in [0.1, 0.15) is 11.6 Å². The smallest absolute Gasteiger partial charge is 0.172 e. The Kier molecular flexibility index (Phi) is 3.58. The first-order chi connectivity index (χ1) is 12.8. The quantitative estimate of drug-likeness (QED) is 0.732. The number of fused-ring (bicyclic) bond motifs is 3. The van der Waals surface area contributed by atoms with Crippen molar-refractivity contribution < 1.29 is 0 Å². The summed E-state index contributed by atoms with van der Waals surface area (Å²) in [5.41, 5.74) is 4.99. The highest BCUT2D eigenvalue weighted by Gasteiger charge is 2.36. The lowest BCUT2D eigenvalue weighted by molar-refractivity contribution is 0.203. The first-order valence-electron chi connectivity index (χ1n) is 9.06. The van der Waals surface area contributed by atoms with Gasteiger partial charge in [0, 0.05) is 36.6 Å². The van der Waals surface area contributed by atoms with Crippen molar-refractivity contribution in [2.45, 2.75) is 37.9 Å². The van der Waals surface area contributed by atoms with Crippen LogP contribution in [0.5, 0.6) is 0 Å². The molecule has 3 aromatic rings. The van der Waals surface area contributed by atoms with E-state index in [1.165, 1.54) is 24.0 Å². The van der Waals surface area contributed by atoms with Gasteiger partial charge in [-0.1, -0.05) is 36.4 Å². The molecule has 5 rings (SSSR count). The fraction of sp³-hybridized carbons (Fsp3) is 0.286. The normalized spacial score (nSPS) is 22.3. The number of nitrogens with zero attached hydrogens (tertiary/aromatic N) is 5. The molecule has 0 aliphatic carbocycles. The largest absolute Gasteiger partial charge is 0.289 e. The number of benzene rings is 1. The van der Waals surface area contributed by atoms with E-state index < -0.39 is 0 Å². The molecule has 4 heterocycles. The van der Waals surface area contributed by atoms with Crippen LogP contribution < -0.4 is 0 Å². The molecule has 0 radical (unpaired) electrons. The molecule has 26 heavy (non-hydrogen) atoms. The monoisotopic (exact) mass is 341 g/mol. The van der Waals surface area contributed by atoms with Gasteiger partial charge in [0.15, 0.2) is 5.65 Å². The molecule has 0 saturated carbocycles. The van der Waals surface area contributed by atoms with Crippen LogP contribution in [-0.2, 0) is 6.54 Å². The second-order valence-electron chi connectivity index (χ2n) is 7.13. The Morgan fingerprint density at radius 2 is 2.04 bits per heavy atom. The van der Waals surface area contributed by atoms with E-state index in [1.807, 2.05) is 12.4 Å². The van der Waals surface area contributed by atoms with Gasteiger partial charge in [-0.3, -0.25) is 4.90 Å². The summed E-state index contributed by atoms with van der Waals surface area (Å²) in [6.07, 6.45) is 11.4. The molecule has 2 bridgehead atoms. The predicted molar refractivity (Wildman–Crippen MR) is 99.1 cm³/mol. The summed E-state index contributed by atoms with van der Waals surface area (Å²) in [6.45, 7) is 1.02. The Bertz CT molecular complexity index is 1030. The maximum Gasteiger partial charge on any atom is 0.172 e. The third-order valence-corrected chi connectivity index (χ3v) is 5.60. The number of aromatic nitrogens is 3. The summed E-state index contributed by atoms with van der Waals surface area (Å²) < 4.78 is 1.72. The molecular weight excluding hydrogens is 322 g/mol. The van der Waals surface area contributed by atoms with Gasteiger partial charge in [-0.15, -0.1) is 0 Å². The lowest BCUT2D eigenvalue weighted by atomic mass is 9.96. The van der Waals surface area contributed by atoms with Crippen molar-refractivity contribution in [3.8, 4) is 6.07 Å². The highest BCUT2D eigenvalue weighted by atomic mass is 15.2. The average molecular weight is 341 g/mol. The van der Waals surface area contributed by atoms with Crippen molar-refractivity contribution in [1.82, 2.24) is 19.5 Å². The predicted octanol–water partition coefficient (Wildman–Crippen LogP) is 3.42. The van der Waals surface area contributed by atoms with E-state index in [0.717, 1.165) is 18.5 Å². The van der Waals surface area contributed by atoms with E-state index in [9.17, 15) is 0 Å². The second kappa shape index (κ2) is 6.08. The third kappa shape index (κ3) is 2.51. The Hall–Kier alpha value is -2.97. The Balaban J connectivity index is 1.43. The lowest BCUT2D eigenvalue weighted by Crippen LogP contribution is -2.37. The van der Waals surface area contributed by atoms with Crippen LogP contribution in [0.4, 0.5) is 0 Å². The van der Waals surface area contributed by atoms with E-state index in [2.05, 4.69) is 57.5 Å². The number of rotatable bonds is 3. The Morgan fingerprint density at radius 3 is 2.85 bits per heavy atom. The molecule has 1 aromatic carbocycles. The second-order valence-corrected chi connectivity index (χ2v) is 7.13. The van der Waals surface area contributed by atoms with Gasteiger partial charge in [0.05, 0.1) is 6.20 Å². The van der Waals surface area contributed by atoms with Gasteiger partial charge in [0.2, 0.25) is 0 Å². The molecule has 2 aliphatic rings. The molecule has 1 saturated heterocycles. The minimum absolute atomic E-state index is 0.493. The van der Waals surface area contributed by atoms with Gasteiger partial charge in [0.25, 0.3) is 0 Å². The number of hydrogen-bond donors (Lipinski definition) is 0.